The van der Waals surface area contributed by atoms with Gasteiger partial charge in [-0.3, -0.25) is 9.78 Å². The second-order valence-electron chi connectivity index (χ2n) is 6.84. The van der Waals surface area contributed by atoms with Gasteiger partial charge in [0, 0.05) is 38.1 Å². The number of anilines is 2. The number of pyridine rings is 1. The quantitative estimate of drug-likeness (QED) is 0.910. The van der Waals surface area contributed by atoms with Gasteiger partial charge in [0.15, 0.2) is 0 Å². The lowest BCUT2D eigenvalue weighted by molar-refractivity contribution is 0.102. The van der Waals surface area contributed by atoms with Gasteiger partial charge in [-0.05, 0) is 42.5 Å². The largest absolute Gasteiger partial charge is 0.370 e. The molecule has 5 nitrogen and oxygen atoms in total. The Morgan fingerprint density at radius 1 is 1.21 bits per heavy atom. The Balaban J connectivity index is 1.49. The van der Waals surface area contributed by atoms with E-state index in [1.54, 1.807) is 6.20 Å². The first-order valence-electron chi connectivity index (χ1n) is 8.48. The first-order valence-corrected chi connectivity index (χ1v) is 8.48. The van der Waals surface area contributed by atoms with Crippen LogP contribution in [0.3, 0.4) is 0 Å². The third-order valence-electron chi connectivity index (χ3n) is 5.02. The minimum atomic E-state index is -0.115. The minimum Gasteiger partial charge on any atom is -0.370 e. The lowest BCUT2D eigenvalue weighted by Gasteiger charge is -2.19. The predicted octanol–water partition coefficient (Wildman–Crippen LogP) is 2.30. The van der Waals surface area contributed by atoms with Gasteiger partial charge in [-0.25, -0.2) is 0 Å². The number of benzene rings is 1. The van der Waals surface area contributed by atoms with Crippen LogP contribution in [0.2, 0.25) is 0 Å². The van der Waals surface area contributed by atoms with Crippen LogP contribution in [-0.4, -0.2) is 37.1 Å². The fourth-order valence-corrected chi connectivity index (χ4v) is 3.72. The number of carbonyl (C=O) groups excluding carboxylic acids is 1. The van der Waals surface area contributed by atoms with Crippen LogP contribution in [0.4, 0.5) is 11.4 Å². The average molecular weight is 322 g/mol. The topological polar surface area (TPSA) is 57.3 Å². The van der Waals surface area contributed by atoms with E-state index < -0.39 is 0 Å². The molecule has 2 atom stereocenters. The molecule has 1 amide bonds. The Labute approximate surface area is 142 Å². The van der Waals surface area contributed by atoms with Crippen molar-refractivity contribution < 1.29 is 4.79 Å². The van der Waals surface area contributed by atoms with Gasteiger partial charge in [0.25, 0.3) is 5.91 Å². The van der Waals surface area contributed by atoms with Gasteiger partial charge in [-0.15, -0.1) is 0 Å². The van der Waals surface area contributed by atoms with Crippen LogP contribution in [0.5, 0.6) is 0 Å². The second-order valence-corrected chi connectivity index (χ2v) is 6.84. The van der Waals surface area contributed by atoms with Crippen molar-refractivity contribution in [2.24, 2.45) is 11.8 Å². The van der Waals surface area contributed by atoms with Gasteiger partial charge in [0.05, 0.1) is 17.4 Å². The van der Waals surface area contributed by atoms with E-state index in [9.17, 15) is 4.79 Å². The number of carbonyl (C=O) groups is 1. The molecule has 1 aromatic heterocycles. The lowest BCUT2D eigenvalue weighted by atomic mass is 10.0. The molecule has 4 rings (SSSR count). The zero-order valence-corrected chi connectivity index (χ0v) is 13.8. The maximum absolute atomic E-state index is 12.5. The summed E-state index contributed by atoms with van der Waals surface area (Å²) in [5.74, 6) is 1.32. The van der Waals surface area contributed by atoms with Crippen LogP contribution in [0.15, 0.2) is 42.7 Å². The number of nitrogens with zero attached hydrogens (tertiary/aromatic N) is 2. The number of amides is 1. The lowest BCUT2D eigenvalue weighted by Crippen LogP contribution is -2.26. The third kappa shape index (κ3) is 2.99. The van der Waals surface area contributed by atoms with Crippen molar-refractivity contribution in [3.63, 3.8) is 0 Å². The Morgan fingerprint density at radius 3 is 2.75 bits per heavy atom. The van der Waals surface area contributed by atoms with Crippen molar-refractivity contribution in [3.8, 4) is 0 Å². The van der Waals surface area contributed by atoms with E-state index in [1.807, 2.05) is 43.5 Å². The number of rotatable bonds is 3. The maximum atomic E-state index is 12.5. The number of hydrogen-bond donors (Lipinski definition) is 2. The van der Waals surface area contributed by atoms with Crippen molar-refractivity contribution in [2.45, 2.75) is 6.92 Å². The molecule has 0 spiro atoms. The van der Waals surface area contributed by atoms with Crippen molar-refractivity contribution in [1.29, 1.82) is 0 Å². The smallest absolute Gasteiger partial charge is 0.257 e. The molecule has 5 heteroatoms. The summed E-state index contributed by atoms with van der Waals surface area (Å²) in [6, 6.07) is 9.76. The highest BCUT2D eigenvalue weighted by molar-refractivity contribution is 6.04. The van der Waals surface area contributed by atoms with Gasteiger partial charge in [-0.2, -0.15) is 0 Å². The summed E-state index contributed by atoms with van der Waals surface area (Å²) < 4.78 is 0. The number of fused-ring (bicyclic) bond motifs is 1. The fourth-order valence-electron chi connectivity index (χ4n) is 3.72. The summed E-state index contributed by atoms with van der Waals surface area (Å²) in [7, 11) is 0. The molecule has 24 heavy (non-hydrogen) atoms. The average Bonchev–Trinajstić information content (AvgIpc) is 3.16. The molecule has 0 radical (unpaired) electrons. The van der Waals surface area contributed by atoms with Crippen LogP contribution >= 0.6 is 0 Å². The van der Waals surface area contributed by atoms with E-state index in [1.165, 1.54) is 0 Å². The number of aromatic nitrogens is 1. The second kappa shape index (κ2) is 6.24. The van der Waals surface area contributed by atoms with E-state index in [4.69, 9.17) is 0 Å². The fraction of sp³-hybridized carbons (Fsp3) is 0.368. The first-order chi connectivity index (χ1) is 11.7. The molecule has 3 heterocycles. The normalized spacial score (nSPS) is 22.5. The van der Waals surface area contributed by atoms with E-state index in [0.717, 1.165) is 55.0 Å². The molecule has 0 unspecified atom stereocenters. The van der Waals surface area contributed by atoms with Gasteiger partial charge < -0.3 is 15.5 Å². The van der Waals surface area contributed by atoms with Gasteiger partial charge in [0.1, 0.15) is 0 Å². The molecule has 0 bridgehead atoms. The van der Waals surface area contributed by atoms with E-state index in [2.05, 4.69) is 20.5 Å². The van der Waals surface area contributed by atoms with Gasteiger partial charge >= 0.3 is 0 Å². The highest BCUT2D eigenvalue weighted by Gasteiger charge is 2.36. The summed E-state index contributed by atoms with van der Waals surface area (Å²) in [6.07, 6.45) is 3.49. The van der Waals surface area contributed by atoms with Crippen LogP contribution in [-0.2, 0) is 0 Å². The monoisotopic (exact) mass is 322 g/mol. The van der Waals surface area contributed by atoms with Crippen LogP contribution in [0, 0.1) is 18.8 Å². The van der Waals surface area contributed by atoms with Crippen LogP contribution in [0.25, 0.3) is 0 Å². The Kier molecular flexibility index (Phi) is 3.94. The summed E-state index contributed by atoms with van der Waals surface area (Å²) in [5, 5.41) is 6.40. The number of aryl methyl sites for hydroxylation is 1. The summed E-state index contributed by atoms with van der Waals surface area (Å²) in [6.45, 7) is 6.30. The standard InChI is InChI=1S/C19H22N4O/c1-13-3-2-4-17(5-13)22-19(24)14-6-18(10-21-7-14)23-11-15-8-20-9-16(15)12-23/h2-7,10,15-16,20H,8-9,11-12H2,1H3,(H,22,24)/t15-,16+. The zero-order valence-electron chi connectivity index (χ0n) is 13.8. The highest BCUT2D eigenvalue weighted by atomic mass is 16.1. The van der Waals surface area contributed by atoms with Crippen LogP contribution in [0.1, 0.15) is 15.9 Å². The molecule has 1 aromatic carbocycles. The predicted molar refractivity (Wildman–Crippen MR) is 95.4 cm³/mol. The summed E-state index contributed by atoms with van der Waals surface area (Å²) in [5.41, 5.74) is 3.58. The Hall–Kier alpha value is -2.40. The van der Waals surface area contributed by atoms with Crippen LogP contribution < -0.4 is 15.5 Å². The SMILES string of the molecule is Cc1cccc(NC(=O)c2cncc(N3C[C@H]4CNC[C@H]4C3)c2)c1. The molecule has 2 aliphatic heterocycles. The highest BCUT2D eigenvalue weighted by Crippen LogP contribution is 2.30. The number of nitrogens with one attached hydrogen (secondary N) is 2. The molecule has 2 aromatic rings. The van der Waals surface area contributed by atoms with Crippen molar-refractivity contribution in [2.75, 3.05) is 36.4 Å². The zero-order chi connectivity index (χ0) is 16.5. The molecule has 2 fully saturated rings. The molecule has 0 saturated carbocycles. The van der Waals surface area contributed by atoms with E-state index in [0.29, 0.717) is 5.56 Å². The maximum Gasteiger partial charge on any atom is 0.257 e. The van der Waals surface area contributed by atoms with Crippen molar-refractivity contribution in [1.82, 2.24) is 10.3 Å². The summed E-state index contributed by atoms with van der Waals surface area (Å²) >= 11 is 0. The molecular formula is C19H22N4O. The van der Waals surface area contributed by atoms with Crippen molar-refractivity contribution >= 4 is 17.3 Å². The van der Waals surface area contributed by atoms with Gasteiger partial charge in [-0.1, -0.05) is 12.1 Å². The molecule has 0 aliphatic carbocycles. The van der Waals surface area contributed by atoms with E-state index >= 15 is 0 Å². The summed E-state index contributed by atoms with van der Waals surface area (Å²) in [4.78, 5) is 19.1. The van der Waals surface area contributed by atoms with Gasteiger partial charge in [0.2, 0.25) is 0 Å². The Bertz CT molecular complexity index is 749. The Morgan fingerprint density at radius 2 is 2.00 bits per heavy atom. The van der Waals surface area contributed by atoms with Crippen molar-refractivity contribution in [3.05, 3.63) is 53.9 Å². The number of hydrogen-bond acceptors (Lipinski definition) is 4. The molecular weight excluding hydrogens is 300 g/mol. The molecule has 124 valence electrons. The molecule has 2 saturated heterocycles. The third-order valence-corrected chi connectivity index (χ3v) is 5.02. The minimum absolute atomic E-state index is 0.115. The van der Waals surface area contributed by atoms with E-state index in [-0.39, 0.29) is 5.91 Å². The molecule has 2 aliphatic rings. The molecule has 2 N–H and O–H groups in total. The first kappa shape index (κ1) is 15.1.